The van der Waals surface area contributed by atoms with Crippen LogP contribution in [0.5, 0.6) is 5.75 Å². The van der Waals surface area contributed by atoms with Crippen molar-refractivity contribution in [2.24, 2.45) is 11.8 Å². The summed E-state index contributed by atoms with van der Waals surface area (Å²) in [6.07, 6.45) is 3.92. The van der Waals surface area contributed by atoms with Crippen molar-refractivity contribution in [3.8, 4) is 5.75 Å². The molecule has 1 saturated carbocycles. The Balaban J connectivity index is 1.47. The normalized spacial score (nSPS) is 26.2. The van der Waals surface area contributed by atoms with Gasteiger partial charge in [-0.25, -0.2) is 0 Å². The number of hydrogen-bond acceptors (Lipinski definition) is 4. The zero-order valence-electron chi connectivity index (χ0n) is 13.6. The fourth-order valence-electron chi connectivity index (χ4n) is 3.29. The van der Waals surface area contributed by atoms with E-state index in [1.54, 1.807) is 12.1 Å². The number of carboxylic acid groups (broad SMARTS) is 1. The average Bonchev–Trinajstić information content (AvgIpc) is 3.26. The molecule has 1 heterocycles. The van der Waals surface area contributed by atoms with Crippen LogP contribution in [-0.4, -0.2) is 36.3 Å². The third kappa shape index (κ3) is 4.26. The number of ether oxygens (including phenoxy) is 2. The molecule has 24 heavy (non-hydrogen) atoms. The minimum Gasteiger partial charge on any atom is -0.491 e. The van der Waals surface area contributed by atoms with E-state index in [0.29, 0.717) is 31.6 Å². The molecule has 0 radical (unpaired) electrons. The second-order valence-corrected chi connectivity index (χ2v) is 6.50. The molecule has 0 bridgehead atoms. The molecule has 1 amide bonds. The van der Waals surface area contributed by atoms with E-state index in [1.807, 2.05) is 12.1 Å². The number of carbonyl (C=O) groups is 2. The molecule has 2 aliphatic rings. The summed E-state index contributed by atoms with van der Waals surface area (Å²) in [5.41, 5.74) is 0.697. The van der Waals surface area contributed by atoms with Gasteiger partial charge in [-0.2, -0.15) is 0 Å². The van der Waals surface area contributed by atoms with E-state index in [1.165, 1.54) is 0 Å². The van der Waals surface area contributed by atoms with Gasteiger partial charge >= 0.3 is 5.97 Å². The average molecular weight is 333 g/mol. The van der Waals surface area contributed by atoms with E-state index < -0.39 is 11.9 Å². The van der Waals surface area contributed by atoms with E-state index in [-0.39, 0.29) is 17.9 Å². The van der Waals surface area contributed by atoms with Crippen molar-refractivity contribution in [1.82, 2.24) is 0 Å². The molecule has 130 valence electrons. The topological polar surface area (TPSA) is 84.9 Å². The van der Waals surface area contributed by atoms with Gasteiger partial charge in [-0.3, -0.25) is 9.59 Å². The molecule has 1 aromatic rings. The molecular formula is C18H23NO5. The Hall–Kier alpha value is -2.08. The highest BCUT2D eigenvalue weighted by Crippen LogP contribution is 2.32. The van der Waals surface area contributed by atoms with Gasteiger partial charge in [0.2, 0.25) is 5.91 Å². The van der Waals surface area contributed by atoms with Gasteiger partial charge in [0.05, 0.1) is 12.0 Å². The molecule has 0 aromatic heterocycles. The number of benzene rings is 1. The third-order valence-corrected chi connectivity index (χ3v) is 4.73. The molecule has 1 saturated heterocycles. The quantitative estimate of drug-likeness (QED) is 0.836. The molecule has 0 spiro atoms. The van der Waals surface area contributed by atoms with Crippen molar-refractivity contribution in [3.05, 3.63) is 24.3 Å². The van der Waals surface area contributed by atoms with Crippen molar-refractivity contribution < 1.29 is 24.2 Å². The molecule has 2 N–H and O–H groups in total. The lowest BCUT2D eigenvalue weighted by atomic mass is 10.0. The summed E-state index contributed by atoms with van der Waals surface area (Å²) in [6.45, 7) is 1.35. The summed E-state index contributed by atoms with van der Waals surface area (Å²) in [6, 6.07) is 7.23. The number of carbonyl (C=O) groups excluding carboxylic acids is 1. The van der Waals surface area contributed by atoms with Gasteiger partial charge in [-0.15, -0.1) is 0 Å². The number of amides is 1. The van der Waals surface area contributed by atoms with Crippen LogP contribution in [-0.2, 0) is 14.3 Å². The van der Waals surface area contributed by atoms with Crippen molar-refractivity contribution in [2.45, 2.75) is 38.2 Å². The Labute approximate surface area is 141 Å². The smallest absolute Gasteiger partial charge is 0.306 e. The molecular weight excluding hydrogens is 310 g/mol. The Morgan fingerprint density at radius 1 is 1.17 bits per heavy atom. The monoisotopic (exact) mass is 333 g/mol. The predicted octanol–water partition coefficient (Wildman–Crippen LogP) is 2.68. The molecule has 1 aliphatic heterocycles. The van der Waals surface area contributed by atoms with Crippen LogP contribution in [0.15, 0.2) is 24.3 Å². The first-order valence-electron chi connectivity index (χ1n) is 8.50. The molecule has 1 unspecified atom stereocenters. The fraction of sp³-hybridized carbons (Fsp3) is 0.556. The molecule has 6 nitrogen and oxygen atoms in total. The standard InChI is InChI=1S/C18H23NO5/c20-17(12-3-4-13(10-12)18(21)22)19-14-5-7-15(8-6-14)24-11-16-2-1-9-23-16/h5-8,12-13,16H,1-4,9-11H2,(H,19,20)(H,21,22)/t12-,13+,16?/m0/s1. The summed E-state index contributed by atoms with van der Waals surface area (Å²) in [7, 11) is 0. The molecule has 2 fully saturated rings. The van der Waals surface area contributed by atoms with Gasteiger partial charge in [0.25, 0.3) is 0 Å². The van der Waals surface area contributed by atoms with Crippen molar-refractivity contribution in [2.75, 3.05) is 18.5 Å². The van der Waals surface area contributed by atoms with Crippen LogP contribution in [0.1, 0.15) is 32.1 Å². The van der Waals surface area contributed by atoms with Gasteiger partial charge in [-0.1, -0.05) is 0 Å². The summed E-state index contributed by atoms with van der Waals surface area (Å²) in [4.78, 5) is 23.2. The molecule has 1 aliphatic carbocycles. The van der Waals surface area contributed by atoms with Crippen LogP contribution in [0.3, 0.4) is 0 Å². The van der Waals surface area contributed by atoms with E-state index in [4.69, 9.17) is 14.6 Å². The maximum atomic E-state index is 12.2. The molecule has 6 heteroatoms. The van der Waals surface area contributed by atoms with Gasteiger partial charge in [0.15, 0.2) is 0 Å². The third-order valence-electron chi connectivity index (χ3n) is 4.73. The van der Waals surface area contributed by atoms with Crippen LogP contribution in [0.25, 0.3) is 0 Å². The first kappa shape index (κ1) is 16.8. The number of hydrogen-bond donors (Lipinski definition) is 2. The van der Waals surface area contributed by atoms with Crippen LogP contribution < -0.4 is 10.1 Å². The summed E-state index contributed by atoms with van der Waals surface area (Å²) < 4.78 is 11.2. The number of anilines is 1. The SMILES string of the molecule is O=C(O)[C@@H]1CC[C@H](C(=O)Nc2ccc(OCC3CCCO3)cc2)C1. The van der Waals surface area contributed by atoms with E-state index in [2.05, 4.69) is 5.32 Å². The minimum atomic E-state index is -0.807. The zero-order valence-corrected chi connectivity index (χ0v) is 13.6. The van der Waals surface area contributed by atoms with Gasteiger partial charge in [0.1, 0.15) is 12.4 Å². The van der Waals surface area contributed by atoms with Crippen LogP contribution in [0.4, 0.5) is 5.69 Å². The van der Waals surface area contributed by atoms with E-state index >= 15 is 0 Å². The van der Waals surface area contributed by atoms with Gasteiger partial charge < -0.3 is 19.9 Å². The highest BCUT2D eigenvalue weighted by atomic mass is 16.5. The Morgan fingerprint density at radius 2 is 1.92 bits per heavy atom. The second-order valence-electron chi connectivity index (χ2n) is 6.50. The van der Waals surface area contributed by atoms with E-state index in [0.717, 1.165) is 25.2 Å². The van der Waals surface area contributed by atoms with Crippen LogP contribution in [0, 0.1) is 11.8 Å². The van der Waals surface area contributed by atoms with E-state index in [9.17, 15) is 9.59 Å². The highest BCUT2D eigenvalue weighted by Gasteiger charge is 2.33. The first-order valence-corrected chi connectivity index (χ1v) is 8.50. The zero-order chi connectivity index (χ0) is 16.9. The lowest BCUT2D eigenvalue weighted by Crippen LogP contribution is -2.21. The largest absolute Gasteiger partial charge is 0.491 e. The lowest BCUT2D eigenvalue weighted by Gasteiger charge is -2.13. The Kier molecular flexibility index (Phi) is 5.35. The highest BCUT2D eigenvalue weighted by molar-refractivity contribution is 5.93. The maximum absolute atomic E-state index is 12.2. The molecule has 3 rings (SSSR count). The predicted molar refractivity (Wildman–Crippen MR) is 88.0 cm³/mol. The van der Waals surface area contributed by atoms with Crippen molar-refractivity contribution >= 4 is 17.6 Å². The van der Waals surface area contributed by atoms with Crippen LogP contribution in [0.2, 0.25) is 0 Å². The van der Waals surface area contributed by atoms with Crippen molar-refractivity contribution in [1.29, 1.82) is 0 Å². The second kappa shape index (κ2) is 7.66. The fourth-order valence-corrected chi connectivity index (χ4v) is 3.29. The Morgan fingerprint density at radius 3 is 2.54 bits per heavy atom. The van der Waals surface area contributed by atoms with Crippen LogP contribution >= 0.6 is 0 Å². The first-order chi connectivity index (χ1) is 11.6. The number of nitrogens with one attached hydrogen (secondary N) is 1. The maximum Gasteiger partial charge on any atom is 0.306 e. The number of aliphatic carboxylic acids is 1. The van der Waals surface area contributed by atoms with Gasteiger partial charge in [-0.05, 0) is 56.4 Å². The molecule has 3 atom stereocenters. The lowest BCUT2D eigenvalue weighted by molar-refractivity contribution is -0.141. The number of carboxylic acids is 1. The number of rotatable bonds is 6. The summed E-state index contributed by atoms with van der Waals surface area (Å²) >= 11 is 0. The minimum absolute atomic E-state index is 0.105. The van der Waals surface area contributed by atoms with Crippen molar-refractivity contribution in [3.63, 3.8) is 0 Å². The summed E-state index contributed by atoms with van der Waals surface area (Å²) in [5, 5.41) is 11.9. The van der Waals surface area contributed by atoms with Gasteiger partial charge in [0, 0.05) is 18.2 Å². The molecule has 1 aromatic carbocycles. The Bertz CT molecular complexity index is 580. The summed E-state index contributed by atoms with van der Waals surface area (Å²) in [5.74, 6) is -0.781.